The summed E-state index contributed by atoms with van der Waals surface area (Å²) < 4.78 is 5.75. The molecule has 7 nitrogen and oxygen atoms in total. The molecule has 0 bridgehead atoms. The summed E-state index contributed by atoms with van der Waals surface area (Å²) in [5.41, 5.74) is 3.28. The van der Waals surface area contributed by atoms with E-state index >= 15 is 0 Å². The fraction of sp³-hybridized carbons (Fsp3) is 0.333. The topological polar surface area (TPSA) is 73.9 Å². The fourth-order valence-electron chi connectivity index (χ4n) is 3.71. The Morgan fingerprint density at radius 3 is 2.45 bits per heavy atom. The molecule has 152 valence electrons. The zero-order chi connectivity index (χ0) is 20.4. The van der Waals surface area contributed by atoms with Crippen LogP contribution in [-0.4, -0.2) is 41.7 Å². The Kier molecular flexibility index (Phi) is 5.34. The quantitative estimate of drug-likeness (QED) is 0.806. The number of piperidine rings is 1. The highest BCUT2D eigenvalue weighted by atomic mass is 35.5. The first-order valence-electron chi connectivity index (χ1n) is 9.63. The van der Waals surface area contributed by atoms with E-state index in [1.165, 1.54) is 5.01 Å². The van der Waals surface area contributed by atoms with Crippen LogP contribution in [0.25, 0.3) is 0 Å². The molecule has 0 radical (unpaired) electrons. The zero-order valence-electron chi connectivity index (χ0n) is 16.1. The third kappa shape index (κ3) is 4.02. The molecule has 0 aliphatic carbocycles. The lowest BCUT2D eigenvalue weighted by Crippen LogP contribution is -2.59. The molecule has 2 aliphatic rings. The molecule has 1 atom stereocenters. The number of hydrogen-bond donors (Lipinski definition) is 2. The van der Waals surface area contributed by atoms with Gasteiger partial charge in [0.2, 0.25) is 0 Å². The minimum Gasteiger partial charge on any atom is -0.481 e. The van der Waals surface area contributed by atoms with E-state index in [1.54, 1.807) is 24.0 Å². The lowest BCUT2D eigenvalue weighted by atomic mass is 9.97. The van der Waals surface area contributed by atoms with Gasteiger partial charge in [-0.25, -0.2) is 15.2 Å². The average molecular weight is 415 g/mol. The molecule has 3 amide bonds. The minimum absolute atomic E-state index is 0.0593. The monoisotopic (exact) mass is 414 g/mol. The van der Waals surface area contributed by atoms with Crippen molar-refractivity contribution in [2.24, 2.45) is 0 Å². The van der Waals surface area contributed by atoms with Crippen LogP contribution in [0.15, 0.2) is 54.6 Å². The Morgan fingerprint density at radius 1 is 1.10 bits per heavy atom. The van der Waals surface area contributed by atoms with Crippen molar-refractivity contribution >= 4 is 29.2 Å². The van der Waals surface area contributed by atoms with Crippen molar-refractivity contribution in [1.82, 2.24) is 15.6 Å². The zero-order valence-corrected chi connectivity index (χ0v) is 16.9. The summed E-state index contributed by atoms with van der Waals surface area (Å²) in [5.74, 6) is 0.609. The Morgan fingerprint density at radius 2 is 1.76 bits per heavy atom. The van der Waals surface area contributed by atoms with Gasteiger partial charge < -0.3 is 15.0 Å². The Hall–Kier alpha value is -2.77. The number of anilines is 1. The number of nitrogens with one attached hydrogen (secondary N) is 2. The summed E-state index contributed by atoms with van der Waals surface area (Å²) in [6.07, 6.45) is 0.602. The van der Waals surface area contributed by atoms with Gasteiger partial charge in [-0.3, -0.25) is 4.79 Å². The molecule has 2 aromatic carbocycles. The maximum Gasteiger partial charge on any atom is 0.338 e. The third-order valence-corrected chi connectivity index (χ3v) is 5.62. The predicted octanol–water partition coefficient (Wildman–Crippen LogP) is 3.16. The molecule has 2 fully saturated rings. The lowest BCUT2D eigenvalue weighted by molar-refractivity contribution is -0.139. The fourth-order valence-corrected chi connectivity index (χ4v) is 3.93. The molecule has 0 saturated carbocycles. The number of ether oxygens (including phenoxy) is 1. The van der Waals surface area contributed by atoms with Crippen molar-refractivity contribution in [3.8, 4) is 5.75 Å². The maximum absolute atomic E-state index is 12.8. The minimum atomic E-state index is -0.587. The van der Waals surface area contributed by atoms with E-state index in [0.717, 1.165) is 0 Å². The normalized spacial score (nSPS) is 19.2. The van der Waals surface area contributed by atoms with Crippen LogP contribution in [-0.2, 0) is 4.79 Å². The summed E-state index contributed by atoms with van der Waals surface area (Å²) in [7, 11) is 0. The number of urea groups is 1. The molecule has 1 spiro atoms. The van der Waals surface area contributed by atoms with Gasteiger partial charge in [0.05, 0.1) is 10.7 Å². The molecule has 0 aromatic heterocycles. The Labute approximate surface area is 174 Å². The number of halogens is 1. The summed E-state index contributed by atoms with van der Waals surface area (Å²) in [6.45, 7) is 2.80. The van der Waals surface area contributed by atoms with E-state index in [0.29, 0.717) is 42.4 Å². The van der Waals surface area contributed by atoms with Gasteiger partial charge in [-0.1, -0.05) is 41.9 Å². The van der Waals surface area contributed by atoms with Gasteiger partial charge in [-0.2, -0.15) is 0 Å². The van der Waals surface area contributed by atoms with Crippen molar-refractivity contribution < 1.29 is 14.3 Å². The van der Waals surface area contributed by atoms with Gasteiger partial charge >= 0.3 is 6.03 Å². The van der Waals surface area contributed by atoms with Gasteiger partial charge in [0.15, 0.2) is 6.10 Å². The first-order chi connectivity index (χ1) is 14.0. The first kappa shape index (κ1) is 19.5. The summed E-state index contributed by atoms with van der Waals surface area (Å²) in [5, 5.41) is 4.96. The van der Waals surface area contributed by atoms with Crippen LogP contribution >= 0.6 is 11.6 Å². The van der Waals surface area contributed by atoms with Crippen molar-refractivity contribution in [2.45, 2.75) is 31.5 Å². The Bertz CT molecular complexity index is 900. The third-order valence-electron chi connectivity index (χ3n) is 5.30. The van der Waals surface area contributed by atoms with Crippen LogP contribution in [0, 0.1) is 0 Å². The van der Waals surface area contributed by atoms with Crippen molar-refractivity contribution in [3.63, 3.8) is 0 Å². The number of hydrogen-bond acceptors (Lipinski definition) is 4. The highest BCUT2D eigenvalue weighted by Crippen LogP contribution is 2.31. The van der Waals surface area contributed by atoms with Crippen LogP contribution in [0.4, 0.5) is 10.5 Å². The number of benzene rings is 2. The standard InChI is InChI=1S/C21H23ClN4O3/c1-15(29-16-7-3-2-4-8-16)19(27)25-13-11-21(12-14-25)23-20(28)26(24-21)18-10-6-5-9-17(18)22/h2-10,15,24H,11-14H2,1H3,(H,23,28). The van der Waals surface area contributed by atoms with Crippen LogP contribution in [0.5, 0.6) is 5.75 Å². The number of para-hydroxylation sites is 2. The SMILES string of the molecule is CC(Oc1ccccc1)C(=O)N1CCC2(CC1)NC(=O)N(c1ccccc1Cl)N2. The number of hydrazine groups is 1. The van der Waals surface area contributed by atoms with E-state index < -0.39 is 11.8 Å². The van der Waals surface area contributed by atoms with Crippen LogP contribution in [0.3, 0.4) is 0 Å². The maximum atomic E-state index is 12.8. The molecule has 2 saturated heterocycles. The predicted molar refractivity (Wildman–Crippen MR) is 111 cm³/mol. The second-order valence-electron chi connectivity index (χ2n) is 7.31. The number of rotatable bonds is 4. The van der Waals surface area contributed by atoms with Crippen molar-refractivity contribution in [3.05, 3.63) is 59.6 Å². The molecule has 2 aromatic rings. The molecule has 1 unspecified atom stereocenters. The van der Waals surface area contributed by atoms with E-state index in [-0.39, 0.29) is 11.9 Å². The molecule has 8 heteroatoms. The number of carbonyl (C=O) groups is 2. The molecule has 2 N–H and O–H groups in total. The van der Waals surface area contributed by atoms with Crippen molar-refractivity contribution in [1.29, 1.82) is 0 Å². The van der Waals surface area contributed by atoms with Gasteiger partial charge in [0.25, 0.3) is 5.91 Å². The summed E-state index contributed by atoms with van der Waals surface area (Å²) in [6, 6.07) is 16.2. The molecule has 2 heterocycles. The summed E-state index contributed by atoms with van der Waals surface area (Å²) >= 11 is 6.23. The highest BCUT2D eigenvalue weighted by molar-refractivity contribution is 6.33. The molecular weight excluding hydrogens is 392 g/mol. The number of likely N-dealkylation sites (tertiary alicyclic amines) is 1. The van der Waals surface area contributed by atoms with Gasteiger partial charge in [0, 0.05) is 25.9 Å². The van der Waals surface area contributed by atoms with E-state index in [2.05, 4.69) is 10.7 Å². The smallest absolute Gasteiger partial charge is 0.338 e. The van der Waals surface area contributed by atoms with Crippen LogP contribution < -0.4 is 20.5 Å². The van der Waals surface area contributed by atoms with E-state index in [4.69, 9.17) is 16.3 Å². The molecule has 4 rings (SSSR count). The van der Waals surface area contributed by atoms with E-state index in [1.807, 2.05) is 42.5 Å². The summed E-state index contributed by atoms with van der Waals surface area (Å²) in [4.78, 5) is 27.1. The average Bonchev–Trinajstić information content (AvgIpc) is 3.04. The number of amides is 3. The first-order valence-corrected chi connectivity index (χ1v) is 10.0. The van der Waals surface area contributed by atoms with Crippen LogP contribution in [0.1, 0.15) is 19.8 Å². The van der Waals surface area contributed by atoms with Gasteiger partial charge in [-0.05, 0) is 31.2 Å². The Balaban J connectivity index is 1.37. The molecule has 2 aliphatic heterocycles. The lowest BCUT2D eigenvalue weighted by Gasteiger charge is -2.39. The molecule has 29 heavy (non-hydrogen) atoms. The number of carbonyl (C=O) groups excluding carboxylic acids is 2. The van der Waals surface area contributed by atoms with Crippen LogP contribution in [0.2, 0.25) is 5.02 Å². The van der Waals surface area contributed by atoms with Gasteiger partial charge in [0.1, 0.15) is 11.4 Å². The number of nitrogens with zero attached hydrogens (tertiary/aromatic N) is 2. The second kappa shape index (κ2) is 7.93. The van der Waals surface area contributed by atoms with Gasteiger partial charge in [-0.15, -0.1) is 0 Å². The highest BCUT2D eigenvalue weighted by Gasteiger charge is 2.46. The van der Waals surface area contributed by atoms with E-state index in [9.17, 15) is 9.59 Å². The van der Waals surface area contributed by atoms with Crippen molar-refractivity contribution in [2.75, 3.05) is 18.1 Å². The largest absolute Gasteiger partial charge is 0.481 e. The second-order valence-corrected chi connectivity index (χ2v) is 7.72. The molecular formula is C21H23ClN4O3.